The van der Waals surface area contributed by atoms with E-state index in [1.807, 2.05) is 50.4 Å². The smallest absolute Gasteiger partial charge is 0.128 e. The standard InChI is InChI=1S/C18H23FN2/c1-4-17(20)15-10-6-8-12-18(15)21(3)13(2)14-9-5-7-11-16(14)19/h5-13,17H,4,20H2,1-3H3/t13?,17-/m1/s1. The van der Waals surface area contributed by atoms with Gasteiger partial charge in [-0.05, 0) is 31.0 Å². The molecule has 0 saturated heterocycles. The topological polar surface area (TPSA) is 29.3 Å². The third-order valence-corrected chi connectivity index (χ3v) is 4.09. The zero-order chi connectivity index (χ0) is 15.4. The van der Waals surface area contributed by atoms with Crippen LogP contribution in [0.1, 0.15) is 43.5 Å². The van der Waals surface area contributed by atoms with E-state index < -0.39 is 0 Å². The lowest BCUT2D eigenvalue weighted by Gasteiger charge is -2.30. The summed E-state index contributed by atoms with van der Waals surface area (Å²) in [6.45, 7) is 4.08. The van der Waals surface area contributed by atoms with Crippen molar-refractivity contribution in [1.82, 2.24) is 0 Å². The number of anilines is 1. The van der Waals surface area contributed by atoms with E-state index in [4.69, 9.17) is 5.73 Å². The number of hydrogen-bond donors (Lipinski definition) is 1. The second-order valence-corrected chi connectivity index (χ2v) is 5.38. The minimum absolute atomic E-state index is 0.00327. The molecular formula is C18H23FN2. The van der Waals surface area contributed by atoms with E-state index in [-0.39, 0.29) is 17.9 Å². The van der Waals surface area contributed by atoms with Crippen LogP contribution < -0.4 is 10.6 Å². The Balaban J connectivity index is 2.36. The fraction of sp³-hybridized carbons (Fsp3) is 0.333. The summed E-state index contributed by atoms with van der Waals surface area (Å²) in [7, 11) is 1.98. The van der Waals surface area contributed by atoms with Gasteiger partial charge in [0.25, 0.3) is 0 Å². The van der Waals surface area contributed by atoms with Crippen LogP contribution in [0, 0.1) is 5.82 Å². The van der Waals surface area contributed by atoms with Crippen molar-refractivity contribution in [2.45, 2.75) is 32.4 Å². The van der Waals surface area contributed by atoms with Crippen molar-refractivity contribution in [2.24, 2.45) is 5.73 Å². The fourth-order valence-corrected chi connectivity index (χ4v) is 2.57. The Morgan fingerprint density at radius 3 is 2.24 bits per heavy atom. The highest BCUT2D eigenvalue weighted by molar-refractivity contribution is 5.56. The van der Waals surface area contributed by atoms with Gasteiger partial charge in [0.15, 0.2) is 0 Å². The number of nitrogens with zero attached hydrogens (tertiary/aromatic N) is 1. The lowest BCUT2D eigenvalue weighted by molar-refractivity contribution is 0.584. The van der Waals surface area contributed by atoms with E-state index in [1.165, 1.54) is 6.07 Å². The van der Waals surface area contributed by atoms with Crippen molar-refractivity contribution in [1.29, 1.82) is 0 Å². The molecule has 2 rings (SSSR count). The summed E-state index contributed by atoms with van der Waals surface area (Å²) in [4.78, 5) is 2.09. The number of hydrogen-bond acceptors (Lipinski definition) is 2. The van der Waals surface area contributed by atoms with Gasteiger partial charge in [0.05, 0.1) is 6.04 Å². The molecule has 0 radical (unpaired) electrons. The molecule has 1 unspecified atom stereocenters. The summed E-state index contributed by atoms with van der Waals surface area (Å²) in [5.41, 5.74) is 9.06. The molecule has 0 aliphatic heterocycles. The molecule has 0 fully saturated rings. The van der Waals surface area contributed by atoms with Crippen molar-refractivity contribution in [3.63, 3.8) is 0 Å². The van der Waals surface area contributed by atoms with Crippen LogP contribution >= 0.6 is 0 Å². The Bertz CT molecular complexity index is 597. The second kappa shape index (κ2) is 6.72. The SMILES string of the molecule is CC[C@@H](N)c1ccccc1N(C)C(C)c1ccccc1F. The van der Waals surface area contributed by atoms with Crippen LogP contribution in [0.5, 0.6) is 0 Å². The first-order chi connectivity index (χ1) is 10.1. The molecule has 0 spiro atoms. The van der Waals surface area contributed by atoms with E-state index in [1.54, 1.807) is 6.07 Å². The molecule has 0 bridgehead atoms. The van der Waals surface area contributed by atoms with E-state index in [9.17, 15) is 4.39 Å². The van der Waals surface area contributed by atoms with Gasteiger partial charge in [-0.3, -0.25) is 0 Å². The molecule has 2 N–H and O–H groups in total. The maximum absolute atomic E-state index is 14.0. The van der Waals surface area contributed by atoms with Crippen LogP contribution in [-0.4, -0.2) is 7.05 Å². The average molecular weight is 286 g/mol. The monoisotopic (exact) mass is 286 g/mol. The number of nitrogens with two attached hydrogens (primary N) is 1. The zero-order valence-electron chi connectivity index (χ0n) is 12.9. The predicted molar refractivity (Wildman–Crippen MR) is 86.9 cm³/mol. The molecule has 2 atom stereocenters. The molecule has 2 aromatic rings. The van der Waals surface area contributed by atoms with Gasteiger partial charge in [-0.15, -0.1) is 0 Å². The Morgan fingerprint density at radius 1 is 1.05 bits per heavy atom. The van der Waals surface area contributed by atoms with Crippen LogP contribution in [0.25, 0.3) is 0 Å². The van der Waals surface area contributed by atoms with Crippen molar-refractivity contribution in [3.8, 4) is 0 Å². The Labute approximate surface area is 126 Å². The molecule has 2 nitrogen and oxygen atoms in total. The lowest BCUT2D eigenvalue weighted by Crippen LogP contribution is -2.25. The van der Waals surface area contributed by atoms with Crippen LogP contribution in [0.2, 0.25) is 0 Å². The molecule has 0 saturated carbocycles. The van der Waals surface area contributed by atoms with Gasteiger partial charge in [-0.2, -0.15) is 0 Å². The van der Waals surface area contributed by atoms with Crippen molar-refractivity contribution in [3.05, 3.63) is 65.5 Å². The minimum atomic E-state index is -0.172. The summed E-state index contributed by atoms with van der Waals surface area (Å²) in [5, 5.41) is 0. The van der Waals surface area contributed by atoms with Crippen LogP contribution in [-0.2, 0) is 0 Å². The van der Waals surface area contributed by atoms with Gasteiger partial charge in [-0.25, -0.2) is 4.39 Å². The molecule has 2 aromatic carbocycles. The predicted octanol–water partition coefficient (Wildman–Crippen LogP) is 4.43. The molecule has 0 heterocycles. The van der Waals surface area contributed by atoms with Crippen molar-refractivity contribution >= 4 is 5.69 Å². The van der Waals surface area contributed by atoms with Crippen LogP contribution in [0.3, 0.4) is 0 Å². The number of rotatable bonds is 5. The van der Waals surface area contributed by atoms with E-state index in [0.29, 0.717) is 5.56 Å². The van der Waals surface area contributed by atoms with Crippen molar-refractivity contribution in [2.75, 3.05) is 11.9 Å². The number of para-hydroxylation sites is 1. The first-order valence-electron chi connectivity index (χ1n) is 7.38. The first kappa shape index (κ1) is 15.5. The van der Waals surface area contributed by atoms with Gasteiger partial charge < -0.3 is 10.6 Å². The summed E-state index contributed by atoms with van der Waals surface area (Å²) in [6.07, 6.45) is 0.874. The highest BCUT2D eigenvalue weighted by Crippen LogP contribution is 2.32. The average Bonchev–Trinajstić information content (AvgIpc) is 2.53. The quantitative estimate of drug-likeness (QED) is 0.881. The van der Waals surface area contributed by atoms with E-state index in [0.717, 1.165) is 17.7 Å². The van der Waals surface area contributed by atoms with Gasteiger partial charge in [0.2, 0.25) is 0 Å². The molecule has 21 heavy (non-hydrogen) atoms. The van der Waals surface area contributed by atoms with Gasteiger partial charge >= 0.3 is 0 Å². The first-order valence-corrected chi connectivity index (χ1v) is 7.38. The second-order valence-electron chi connectivity index (χ2n) is 5.38. The molecule has 0 aliphatic carbocycles. The molecular weight excluding hydrogens is 263 g/mol. The van der Waals surface area contributed by atoms with Crippen LogP contribution in [0.15, 0.2) is 48.5 Å². The number of halogens is 1. The Hall–Kier alpha value is -1.87. The van der Waals surface area contributed by atoms with E-state index in [2.05, 4.69) is 11.8 Å². The number of benzene rings is 2. The van der Waals surface area contributed by atoms with Crippen LogP contribution in [0.4, 0.5) is 10.1 Å². The van der Waals surface area contributed by atoms with Crippen molar-refractivity contribution < 1.29 is 4.39 Å². The third kappa shape index (κ3) is 3.24. The fourth-order valence-electron chi connectivity index (χ4n) is 2.57. The maximum Gasteiger partial charge on any atom is 0.128 e. The summed E-state index contributed by atoms with van der Waals surface area (Å²) in [5.74, 6) is -0.172. The molecule has 0 amide bonds. The molecule has 0 aliphatic rings. The summed E-state index contributed by atoms with van der Waals surface area (Å²) < 4.78 is 14.0. The highest BCUT2D eigenvalue weighted by Gasteiger charge is 2.19. The molecule has 0 aromatic heterocycles. The Morgan fingerprint density at radius 2 is 1.62 bits per heavy atom. The largest absolute Gasteiger partial charge is 0.367 e. The summed E-state index contributed by atoms with van der Waals surface area (Å²) in [6, 6.07) is 14.9. The molecule has 3 heteroatoms. The van der Waals surface area contributed by atoms with E-state index >= 15 is 0 Å². The summed E-state index contributed by atoms with van der Waals surface area (Å²) >= 11 is 0. The minimum Gasteiger partial charge on any atom is -0.367 e. The van der Waals surface area contributed by atoms with Gasteiger partial charge in [-0.1, -0.05) is 43.3 Å². The van der Waals surface area contributed by atoms with Gasteiger partial charge in [0.1, 0.15) is 5.82 Å². The third-order valence-electron chi connectivity index (χ3n) is 4.09. The Kier molecular flexibility index (Phi) is 4.97. The normalized spacial score (nSPS) is 13.8. The molecule has 112 valence electrons. The lowest BCUT2D eigenvalue weighted by atomic mass is 10.00. The highest BCUT2D eigenvalue weighted by atomic mass is 19.1. The zero-order valence-corrected chi connectivity index (χ0v) is 12.9. The van der Waals surface area contributed by atoms with Gasteiger partial charge in [0, 0.05) is 24.3 Å². The maximum atomic E-state index is 14.0.